The van der Waals surface area contributed by atoms with Crippen LogP contribution in [0.25, 0.3) is 0 Å². The Bertz CT molecular complexity index is 83.3. The van der Waals surface area contributed by atoms with Crippen molar-refractivity contribution in [2.75, 3.05) is 0 Å². The van der Waals surface area contributed by atoms with Crippen molar-refractivity contribution in [3.05, 3.63) is 0 Å². The van der Waals surface area contributed by atoms with E-state index in [4.69, 9.17) is 0 Å². The fraction of sp³-hybridized carbons (Fsp3) is 0.875. The minimum Gasteiger partial charge on any atom is -0.371 e. The molecule has 0 aromatic heterocycles. The summed E-state index contributed by atoms with van der Waals surface area (Å²) in [6.45, 7) is 4.35. The highest BCUT2D eigenvalue weighted by Crippen LogP contribution is 2.01. The van der Waals surface area contributed by atoms with Gasteiger partial charge in [-0.1, -0.05) is 38.4 Å². The quantitative estimate of drug-likeness (QED) is 0.362. The van der Waals surface area contributed by atoms with Crippen molar-refractivity contribution in [2.24, 2.45) is 0 Å². The van der Waals surface area contributed by atoms with Gasteiger partial charge in [-0.15, -0.1) is 0 Å². The second-order valence-corrected chi connectivity index (χ2v) is 2.85. The van der Waals surface area contributed by atoms with Gasteiger partial charge in [0.05, 0.1) is 0 Å². The summed E-state index contributed by atoms with van der Waals surface area (Å²) in [6, 6.07) is 0.504. The van der Waals surface area contributed by atoms with E-state index in [1.807, 2.05) is 0 Å². The number of rotatable bonds is 6. The topological polar surface area (TPSA) is 12.0 Å². The maximum absolute atomic E-state index is 4.55. The molecule has 0 heterocycles. The van der Waals surface area contributed by atoms with Crippen LogP contribution in [0.3, 0.4) is 0 Å². The number of hydrogen-bond acceptors (Lipinski definition) is 1. The van der Waals surface area contributed by atoms with Crippen molar-refractivity contribution in [1.29, 1.82) is 0 Å². The van der Waals surface area contributed by atoms with E-state index in [0.29, 0.717) is 6.04 Å². The van der Waals surface area contributed by atoms with Gasteiger partial charge in [0.25, 0.3) is 0 Å². The summed E-state index contributed by atoms with van der Waals surface area (Å²) in [6.07, 6.45) is 5.11. The van der Waals surface area contributed by atoms with E-state index in [-0.39, 0.29) is 0 Å². The molecule has 1 N–H and O–H groups in total. The molecule has 1 atom stereocenters. The average Bonchev–Trinajstić information content (AvgIpc) is 1.89. The zero-order valence-corrected chi connectivity index (χ0v) is 7.63. The zero-order valence-electron chi connectivity index (χ0n) is 6.81. The van der Waals surface area contributed by atoms with Crippen LogP contribution in [0.15, 0.2) is 0 Å². The van der Waals surface area contributed by atoms with E-state index in [1.54, 1.807) is 0 Å². The minimum atomic E-state index is 0.504. The van der Waals surface area contributed by atoms with Crippen molar-refractivity contribution in [1.82, 2.24) is 5.32 Å². The van der Waals surface area contributed by atoms with E-state index < -0.39 is 0 Å². The Hall–Kier alpha value is -0.110. The Labute approximate surface area is 69.2 Å². The van der Waals surface area contributed by atoms with Gasteiger partial charge in [-0.25, -0.2) is 0 Å². The molecule has 1 radical (unpaired) electrons. The van der Waals surface area contributed by atoms with Gasteiger partial charge >= 0.3 is 0 Å². The second-order valence-electron chi connectivity index (χ2n) is 2.64. The molecule has 0 saturated carbocycles. The summed E-state index contributed by atoms with van der Waals surface area (Å²) in [5.41, 5.74) is 2.53. The highest BCUT2D eigenvalue weighted by Gasteiger charge is 1.96. The summed E-state index contributed by atoms with van der Waals surface area (Å²) in [5, 5.41) is 2.97. The summed E-state index contributed by atoms with van der Waals surface area (Å²) in [5.74, 6) is 0. The zero-order chi connectivity index (χ0) is 7.82. The molecule has 0 aromatic carbocycles. The van der Waals surface area contributed by atoms with Crippen LogP contribution in [0.4, 0.5) is 0 Å². The molecule has 0 fully saturated rings. The van der Waals surface area contributed by atoms with Crippen molar-refractivity contribution in [3.8, 4) is 0 Å². The van der Waals surface area contributed by atoms with Crippen molar-refractivity contribution < 1.29 is 0 Å². The van der Waals surface area contributed by atoms with Crippen LogP contribution < -0.4 is 5.32 Å². The highest BCUT2D eigenvalue weighted by molar-refractivity contribution is 7.78. The molecule has 1 nitrogen and oxygen atoms in total. The highest BCUT2D eigenvalue weighted by atomic mass is 32.1. The summed E-state index contributed by atoms with van der Waals surface area (Å²) in [7, 11) is 0. The fourth-order valence-corrected chi connectivity index (χ4v) is 1.07. The lowest BCUT2D eigenvalue weighted by Crippen LogP contribution is -2.22. The van der Waals surface area contributed by atoms with E-state index in [1.165, 1.54) is 25.7 Å². The van der Waals surface area contributed by atoms with Gasteiger partial charge < -0.3 is 5.32 Å². The molecular weight excluding hydrogens is 142 g/mol. The predicted molar refractivity (Wildman–Crippen MR) is 49.3 cm³/mol. The molecule has 10 heavy (non-hydrogen) atoms. The summed E-state index contributed by atoms with van der Waals surface area (Å²) >= 11 is 4.55. The van der Waals surface area contributed by atoms with Gasteiger partial charge in [0.1, 0.15) is 5.49 Å². The first-order valence-electron chi connectivity index (χ1n) is 3.94. The van der Waals surface area contributed by atoms with Crippen LogP contribution in [-0.2, 0) is 0 Å². The lowest BCUT2D eigenvalue weighted by atomic mass is 10.1. The molecule has 0 amide bonds. The lowest BCUT2D eigenvalue weighted by Gasteiger charge is -2.08. The van der Waals surface area contributed by atoms with Crippen LogP contribution in [0.1, 0.15) is 39.5 Å². The SMILES string of the molecule is CCCCCC(C)N[C]=S. The van der Waals surface area contributed by atoms with Crippen molar-refractivity contribution in [3.63, 3.8) is 0 Å². The van der Waals surface area contributed by atoms with Gasteiger partial charge in [-0.2, -0.15) is 0 Å². The Kier molecular flexibility index (Phi) is 6.93. The molecule has 0 saturated heterocycles. The first-order valence-corrected chi connectivity index (χ1v) is 4.34. The number of thiocarbonyl (C=S) groups is 1. The summed E-state index contributed by atoms with van der Waals surface area (Å²) in [4.78, 5) is 0. The van der Waals surface area contributed by atoms with Gasteiger partial charge in [0.2, 0.25) is 0 Å². The Morgan fingerprint density at radius 1 is 1.50 bits per heavy atom. The van der Waals surface area contributed by atoms with Crippen molar-refractivity contribution in [2.45, 2.75) is 45.6 Å². The first-order chi connectivity index (χ1) is 4.81. The molecule has 1 unspecified atom stereocenters. The van der Waals surface area contributed by atoms with E-state index in [9.17, 15) is 0 Å². The largest absolute Gasteiger partial charge is 0.371 e. The molecule has 0 spiro atoms. The van der Waals surface area contributed by atoms with Gasteiger partial charge in [0.15, 0.2) is 0 Å². The molecule has 0 rings (SSSR count). The monoisotopic (exact) mass is 158 g/mol. The van der Waals surface area contributed by atoms with E-state index >= 15 is 0 Å². The standard InChI is InChI=1S/C8H16NS/c1-3-4-5-6-8(2)9-7-10/h8H,3-6H2,1-2H3,(H,9,10). The smallest absolute Gasteiger partial charge is 0.134 e. The molecule has 0 aliphatic rings. The molecule has 0 aliphatic carbocycles. The molecule has 0 bridgehead atoms. The van der Waals surface area contributed by atoms with Crippen LogP contribution >= 0.6 is 12.2 Å². The van der Waals surface area contributed by atoms with Gasteiger partial charge in [-0.05, 0) is 13.3 Å². The number of nitrogens with one attached hydrogen (secondary N) is 1. The Balaban J connectivity index is 3.04. The maximum Gasteiger partial charge on any atom is 0.134 e. The van der Waals surface area contributed by atoms with Gasteiger partial charge in [-0.3, -0.25) is 0 Å². The minimum absolute atomic E-state index is 0.504. The average molecular weight is 158 g/mol. The van der Waals surface area contributed by atoms with Crippen LogP contribution in [-0.4, -0.2) is 11.5 Å². The fourth-order valence-electron chi connectivity index (χ4n) is 0.873. The van der Waals surface area contributed by atoms with E-state index in [0.717, 1.165) is 0 Å². The van der Waals surface area contributed by atoms with Gasteiger partial charge in [0, 0.05) is 6.04 Å². The molecular formula is C8H16NS. The van der Waals surface area contributed by atoms with Crippen LogP contribution in [0, 0.1) is 0 Å². The predicted octanol–water partition coefficient (Wildman–Crippen LogP) is 2.38. The number of hydrogen-bond donors (Lipinski definition) is 1. The molecule has 2 heteroatoms. The lowest BCUT2D eigenvalue weighted by molar-refractivity contribution is 0.560. The van der Waals surface area contributed by atoms with Crippen LogP contribution in [0.2, 0.25) is 0 Å². The maximum atomic E-state index is 4.55. The third-order valence-corrected chi connectivity index (χ3v) is 1.66. The Morgan fingerprint density at radius 2 is 2.20 bits per heavy atom. The van der Waals surface area contributed by atoms with Crippen molar-refractivity contribution >= 4 is 17.7 Å². The third kappa shape index (κ3) is 6.02. The summed E-state index contributed by atoms with van der Waals surface area (Å²) < 4.78 is 0. The molecule has 59 valence electrons. The van der Waals surface area contributed by atoms with E-state index in [2.05, 4.69) is 36.9 Å². The van der Waals surface area contributed by atoms with Crippen LogP contribution in [0.5, 0.6) is 0 Å². The number of unbranched alkanes of at least 4 members (excludes halogenated alkanes) is 2. The third-order valence-electron chi connectivity index (χ3n) is 1.55. The molecule has 0 aromatic rings. The second kappa shape index (κ2) is 7.00. The first kappa shape index (κ1) is 9.89. The normalized spacial score (nSPS) is 12.6. The Morgan fingerprint density at radius 3 is 2.70 bits per heavy atom. The molecule has 0 aliphatic heterocycles.